The van der Waals surface area contributed by atoms with Crippen LogP contribution in [0.15, 0.2) is 70.6 Å². The zero-order valence-corrected chi connectivity index (χ0v) is 19.8. The predicted octanol–water partition coefficient (Wildman–Crippen LogP) is 4.90. The summed E-state index contributed by atoms with van der Waals surface area (Å²) in [7, 11) is 1.43. The summed E-state index contributed by atoms with van der Waals surface area (Å²) in [6.45, 7) is 0. The van der Waals surface area contributed by atoms with Gasteiger partial charge in [0, 0.05) is 25.0 Å². The third-order valence-corrected chi connectivity index (χ3v) is 7.26. The molecule has 4 aromatic rings. The van der Waals surface area contributed by atoms with Crippen LogP contribution in [0.3, 0.4) is 0 Å². The fourth-order valence-electron chi connectivity index (χ4n) is 3.32. The standard InChI is InChI=1S/C23H17Cl2N3O4S/c1-27(2)22(29)14-8-11-19-16(12-14)21(33(32)20-17(24)4-3-5-18(20)25)26-28(19)15-9-6-13(7-10-15)23(30)31/h3-12H,1-2H3,(H,30,31). The predicted molar refractivity (Wildman–Crippen MR) is 127 cm³/mol. The molecule has 0 spiro atoms. The Bertz CT molecular complexity index is 1410. The Labute approximate surface area is 201 Å². The lowest BCUT2D eigenvalue weighted by Gasteiger charge is -2.10. The van der Waals surface area contributed by atoms with E-state index in [4.69, 9.17) is 23.2 Å². The first kappa shape index (κ1) is 23.0. The number of hydrogen-bond donors (Lipinski definition) is 1. The van der Waals surface area contributed by atoms with Gasteiger partial charge in [0.2, 0.25) is 0 Å². The summed E-state index contributed by atoms with van der Waals surface area (Å²) in [5.74, 6) is -1.27. The number of aromatic carboxylic acids is 1. The number of benzene rings is 3. The molecule has 0 saturated carbocycles. The summed E-state index contributed by atoms with van der Waals surface area (Å²) in [6, 6.07) is 15.9. The molecule has 1 heterocycles. The number of fused-ring (bicyclic) bond motifs is 1. The summed E-state index contributed by atoms with van der Waals surface area (Å²) in [4.78, 5) is 25.4. The van der Waals surface area contributed by atoms with Crippen molar-refractivity contribution in [2.45, 2.75) is 9.92 Å². The summed E-state index contributed by atoms with van der Waals surface area (Å²) in [5, 5.41) is 14.9. The number of carbonyl (C=O) groups excluding carboxylic acids is 1. The number of carbonyl (C=O) groups is 2. The van der Waals surface area contributed by atoms with Crippen molar-refractivity contribution in [2.75, 3.05) is 14.1 Å². The Hall–Kier alpha value is -3.20. The van der Waals surface area contributed by atoms with Gasteiger partial charge in [0.1, 0.15) is 10.8 Å². The summed E-state index contributed by atoms with van der Waals surface area (Å²) in [5.41, 5.74) is 1.67. The van der Waals surface area contributed by atoms with Crippen LogP contribution in [0.1, 0.15) is 20.7 Å². The Kier molecular flexibility index (Phi) is 6.25. The van der Waals surface area contributed by atoms with Gasteiger partial charge in [-0.2, -0.15) is 5.10 Å². The van der Waals surface area contributed by atoms with E-state index in [2.05, 4.69) is 5.10 Å². The lowest BCUT2D eigenvalue weighted by molar-refractivity contribution is 0.0696. The number of rotatable bonds is 5. The largest absolute Gasteiger partial charge is 0.478 e. The lowest BCUT2D eigenvalue weighted by atomic mass is 10.1. The highest BCUT2D eigenvalue weighted by Gasteiger charge is 2.24. The van der Waals surface area contributed by atoms with Crippen molar-refractivity contribution in [1.82, 2.24) is 14.7 Å². The third kappa shape index (κ3) is 4.25. The molecule has 4 rings (SSSR count). The van der Waals surface area contributed by atoms with Crippen LogP contribution in [0, 0.1) is 0 Å². The second-order valence-corrected chi connectivity index (χ2v) is 9.47. The number of nitrogens with zero attached hydrogens (tertiary/aromatic N) is 3. The highest BCUT2D eigenvalue weighted by atomic mass is 35.5. The zero-order chi connectivity index (χ0) is 23.9. The summed E-state index contributed by atoms with van der Waals surface area (Å²) >= 11 is 12.6. The third-order valence-electron chi connectivity index (χ3n) is 4.94. The molecule has 33 heavy (non-hydrogen) atoms. The molecule has 3 aromatic carbocycles. The van der Waals surface area contributed by atoms with Crippen LogP contribution in [0.4, 0.5) is 0 Å². The minimum Gasteiger partial charge on any atom is -0.478 e. The molecule has 1 unspecified atom stereocenters. The van der Waals surface area contributed by atoms with E-state index >= 15 is 0 Å². The first-order valence-electron chi connectivity index (χ1n) is 9.63. The van der Waals surface area contributed by atoms with Crippen molar-refractivity contribution < 1.29 is 18.9 Å². The van der Waals surface area contributed by atoms with E-state index in [1.165, 1.54) is 17.0 Å². The molecule has 1 atom stereocenters. The maximum Gasteiger partial charge on any atom is 0.335 e. The fourth-order valence-corrected chi connectivity index (χ4v) is 5.34. The topological polar surface area (TPSA) is 92.5 Å². The normalized spacial score (nSPS) is 12.0. The molecule has 0 aliphatic heterocycles. The minimum atomic E-state index is -1.86. The quantitative estimate of drug-likeness (QED) is 0.419. The van der Waals surface area contributed by atoms with Gasteiger partial charge in [-0.25, -0.2) is 13.7 Å². The minimum absolute atomic E-state index is 0.126. The molecule has 0 radical (unpaired) electrons. The average molecular weight is 502 g/mol. The van der Waals surface area contributed by atoms with Crippen LogP contribution in [-0.4, -0.2) is 50.0 Å². The van der Waals surface area contributed by atoms with Crippen molar-refractivity contribution in [3.05, 3.63) is 81.8 Å². The second kappa shape index (κ2) is 8.97. The highest BCUT2D eigenvalue weighted by molar-refractivity contribution is 7.85. The van der Waals surface area contributed by atoms with Gasteiger partial charge in [0.15, 0.2) is 5.03 Å². The van der Waals surface area contributed by atoms with Gasteiger partial charge in [-0.05, 0) is 54.6 Å². The van der Waals surface area contributed by atoms with E-state index < -0.39 is 16.8 Å². The van der Waals surface area contributed by atoms with E-state index in [1.54, 1.807) is 67.3 Å². The molecule has 0 aliphatic carbocycles. The van der Waals surface area contributed by atoms with Crippen LogP contribution in [0.2, 0.25) is 10.0 Å². The van der Waals surface area contributed by atoms with Crippen LogP contribution < -0.4 is 0 Å². The molecule has 0 aliphatic rings. The van der Waals surface area contributed by atoms with Crippen LogP contribution in [0.25, 0.3) is 16.6 Å². The van der Waals surface area contributed by atoms with E-state index in [-0.39, 0.29) is 31.4 Å². The monoisotopic (exact) mass is 501 g/mol. The van der Waals surface area contributed by atoms with Crippen molar-refractivity contribution >= 4 is 56.8 Å². The number of hydrogen-bond acceptors (Lipinski definition) is 4. The van der Waals surface area contributed by atoms with E-state index in [0.29, 0.717) is 22.2 Å². The van der Waals surface area contributed by atoms with E-state index in [9.17, 15) is 18.9 Å². The first-order chi connectivity index (χ1) is 15.7. The van der Waals surface area contributed by atoms with Crippen molar-refractivity contribution in [2.24, 2.45) is 0 Å². The molecule has 1 aromatic heterocycles. The SMILES string of the molecule is CN(C)C(=O)c1ccc2c(c1)c(S(=O)c1c(Cl)cccc1Cl)nn2-c1ccc(C(=O)O)cc1. The number of carboxylic acid groups (broad SMARTS) is 1. The maximum atomic E-state index is 13.6. The molecular formula is C23H17Cl2N3O4S. The molecule has 1 amide bonds. The maximum absolute atomic E-state index is 13.6. The number of carboxylic acids is 1. The highest BCUT2D eigenvalue weighted by Crippen LogP contribution is 2.34. The van der Waals surface area contributed by atoms with Gasteiger partial charge in [-0.3, -0.25) is 4.79 Å². The number of amides is 1. The van der Waals surface area contributed by atoms with Crippen LogP contribution in [0.5, 0.6) is 0 Å². The molecule has 0 fully saturated rings. The van der Waals surface area contributed by atoms with E-state index in [0.717, 1.165) is 0 Å². The Morgan fingerprint density at radius 3 is 2.15 bits per heavy atom. The second-order valence-electron chi connectivity index (χ2n) is 7.32. The van der Waals surface area contributed by atoms with Gasteiger partial charge in [0.05, 0.1) is 31.7 Å². The zero-order valence-electron chi connectivity index (χ0n) is 17.5. The number of aromatic nitrogens is 2. The van der Waals surface area contributed by atoms with Crippen molar-refractivity contribution in [3.8, 4) is 5.69 Å². The van der Waals surface area contributed by atoms with Crippen molar-refractivity contribution in [1.29, 1.82) is 0 Å². The van der Waals surface area contributed by atoms with Gasteiger partial charge < -0.3 is 10.0 Å². The van der Waals surface area contributed by atoms with E-state index in [1.807, 2.05) is 0 Å². The van der Waals surface area contributed by atoms with Crippen LogP contribution in [-0.2, 0) is 10.8 Å². The molecule has 168 valence electrons. The fraction of sp³-hybridized carbons (Fsp3) is 0.0870. The molecule has 0 bridgehead atoms. The smallest absolute Gasteiger partial charge is 0.335 e. The summed E-state index contributed by atoms with van der Waals surface area (Å²) < 4.78 is 15.1. The molecule has 0 saturated heterocycles. The van der Waals surface area contributed by atoms with Crippen molar-refractivity contribution in [3.63, 3.8) is 0 Å². The number of halogens is 2. The van der Waals surface area contributed by atoms with Gasteiger partial charge in [-0.1, -0.05) is 29.3 Å². The molecule has 1 N–H and O–H groups in total. The molecular weight excluding hydrogens is 485 g/mol. The lowest BCUT2D eigenvalue weighted by Crippen LogP contribution is -2.21. The average Bonchev–Trinajstić information content (AvgIpc) is 3.17. The Morgan fingerprint density at radius 2 is 1.58 bits per heavy atom. The van der Waals surface area contributed by atoms with Crippen LogP contribution >= 0.6 is 23.2 Å². The van der Waals surface area contributed by atoms with Gasteiger partial charge in [-0.15, -0.1) is 0 Å². The molecule has 7 nitrogen and oxygen atoms in total. The first-order valence-corrected chi connectivity index (χ1v) is 11.5. The molecule has 10 heteroatoms. The summed E-state index contributed by atoms with van der Waals surface area (Å²) in [6.07, 6.45) is 0. The van der Waals surface area contributed by atoms with Gasteiger partial charge in [0.25, 0.3) is 5.91 Å². The Balaban J connectivity index is 1.96. The van der Waals surface area contributed by atoms with Gasteiger partial charge >= 0.3 is 5.97 Å². The Morgan fingerprint density at radius 1 is 0.970 bits per heavy atom.